The third kappa shape index (κ3) is 5.78. The first kappa shape index (κ1) is 24.7. The molecule has 182 valence electrons. The SMILES string of the molecule is COCCN1CCC(NCC(C)(C)c2nc(-c3ccc(Cl)c(O)c3)c(-c3ccncc3)[nH]2)CC1. The highest BCUT2D eigenvalue weighted by Gasteiger charge is 2.29. The van der Waals surface area contributed by atoms with Crippen LogP contribution < -0.4 is 5.32 Å². The predicted molar refractivity (Wildman–Crippen MR) is 136 cm³/mol. The molecule has 0 radical (unpaired) electrons. The number of benzene rings is 1. The molecule has 0 spiro atoms. The summed E-state index contributed by atoms with van der Waals surface area (Å²) in [6, 6.07) is 9.66. The quantitative estimate of drug-likeness (QED) is 0.416. The van der Waals surface area contributed by atoms with Gasteiger partial charge in [-0.1, -0.05) is 31.5 Å². The zero-order valence-corrected chi connectivity index (χ0v) is 20.9. The third-order valence-corrected chi connectivity index (χ3v) is 6.88. The van der Waals surface area contributed by atoms with Crippen LogP contribution in [0.4, 0.5) is 0 Å². The molecule has 0 bridgehead atoms. The largest absolute Gasteiger partial charge is 0.506 e. The second kappa shape index (κ2) is 10.9. The maximum Gasteiger partial charge on any atom is 0.134 e. The van der Waals surface area contributed by atoms with E-state index in [1.165, 1.54) is 0 Å². The van der Waals surface area contributed by atoms with Gasteiger partial charge in [-0.2, -0.15) is 0 Å². The Kier molecular flexibility index (Phi) is 7.88. The van der Waals surface area contributed by atoms with E-state index >= 15 is 0 Å². The van der Waals surface area contributed by atoms with Gasteiger partial charge in [0.1, 0.15) is 11.6 Å². The summed E-state index contributed by atoms with van der Waals surface area (Å²) in [6.45, 7) is 9.19. The van der Waals surface area contributed by atoms with Gasteiger partial charge < -0.3 is 25.0 Å². The van der Waals surface area contributed by atoms with Gasteiger partial charge in [0.25, 0.3) is 0 Å². The lowest BCUT2D eigenvalue weighted by Crippen LogP contribution is -2.46. The van der Waals surface area contributed by atoms with Gasteiger partial charge in [-0.25, -0.2) is 4.98 Å². The molecule has 1 fully saturated rings. The van der Waals surface area contributed by atoms with E-state index in [-0.39, 0.29) is 11.2 Å². The van der Waals surface area contributed by atoms with Crippen molar-refractivity contribution in [3.05, 3.63) is 53.6 Å². The lowest BCUT2D eigenvalue weighted by molar-refractivity contribution is 0.125. The molecule has 1 saturated heterocycles. The Morgan fingerprint density at radius 2 is 1.91 bits per heavy atom. The monoisotopic (exact) mass is 483 g/mol. The molecule has 1 aliphatic rings. The second-order valence-electron chi connectivity index (χ2n) is 9.58. The van der Waals surface area contributed by atoms with Gasteiger partial charge in [0, 0.05) is 55.2 Å². The lowest BCUT2D eigenvalue weighted by Gasteiger charge is -2.34. The van der Waals surface area contributed by atoms with Crippen molar-refractivity contribution in [1.82, 2.24) is 25.2 Å². The number of halogens is 1. The number of imidazole rings is 1. The van der Waals surface area contributed by atoms with Gasteiger partial charge in [-0.3, -0.25) is 4.98 Å². The highest BCUT2D eigenvalue weighted by molar-refractivity contribution is 6.32. The average molecular weight is 484 g/mol. The highest BCUT2D eigenvalue weighted by atomic mass is 35.5. The zero-order valence-electron chi connectivity index (χ0n) is 20.1. The minimum Gasteiger partial charge on any atom is -0.506 e. The van der Waals surface area contributed by atoms with Crippen molar-refractivity contribution in [1.29, 1.82) is 0 Å². The van der Waals surface area contributed by atoms with Crippen molar-refractivity contribution in [2.24, 2.45) is 0 Å². The van der Waals surface area contributed by atoms with Crippen LogP contribution in [0.3, 0.4) is 0 Å². The molecule has 8 heteroatoms. The number of piperidine rings is 1. The van der Waals surface area contributed by atoms with Gasteiger partial charge in [0.15, 0.2) is 0 Å². The number of methoxy groups -OCH3 is 1. The number of hydrogen-bond donors (Lipinski definition) is 3. The van der Waals surface area contributed by atoms with E-state index in [0.29, 0.717) is 11.1 Å². The lowest BCUT2D eigenvalue weighted by atomic mass is 9.91. The fourth-order valence-corrected chi connectivity index (χ4v) is 4.47. The summed E-state index contributed by atoms with van der Waals surface area (Å²) >= 11 is 6.05. The number of phenolic OH excluding ortho intramolecular Hbond substituents is 1. The normalized spacial score (nSPS) is 15.6. The van der Waals surface area contributed by atoms with Crippen LogP contribution in [-0.2, 0) is 10.2 Å². The molecular formula is C26H34ClN5O2. The van der Waals surface area contributed by atoms with Crippen molar-refractivity contribution in [3.63, 3.8) is 0 Å². The molecule has 3 N–H and O–H groups in total. The smallest absolute Gasteiger partial charge is 0.134 e. The van der Waals surface area contributed by atoms with E-state index in [4.69, 9.17) is 21.3 Å². The molecule has 1 aliphatic heterocycles. The van der Waals surface area contributed by atoms with Gasteiger partial charge in [0.05, 0.1) is 23.0 Å². The van der Waals surface area contributed by atoms with Crippen LogP contribution in [-0.4, -0.2) is 70.9 Å². The number of aromatic nitrogens is 3. The minimum atomic E-state index is -0.221. The zero-order chi connectivity index (χ0) is 24.1. The summed E-state index contributed by atoms with van der Waals surface area (Å²) in [4.78, 5) is 15.2. The van der Waals surface area contributed by atoms with Crippen LogP contribution in [0.1, 0.15) is 32.5 Å². The molecule has 1 aromatic carbocycles. The number of pyridine rings is 1. The molecule has 7 nitrogen and oxygen atoms in total. The first-order chi connectivity index (χ1) is 16.4. The number of nitrogens with zero attached hydrogens (tertiary/aromatic N) is 3. The van der Waals surface area contributed by atoms with Gasteiger partial charge in [0.2, 0.25) is 0 Å². The summed E-state index contributed by atoms with van der Waals surface area (Å²) in [5, 5.41) is 14.3. The number of ether oxygens (including phenoxy) is 1. The molecule has 0 atom stereocenters. The standard InChI is InChI=1S/C26H34ClN5O2/c1-26(2,17-29-20-8-12-32(13-9-20)14-15-34-3)25-30-23(18-6-10-28-11-7-18)24(31-25)19-4-5-21(27)22(33)16-19/h4-7,10-11,16,20,29,33H,8-9,12-15,17H2,1-3H3,(H,30,31). The van der Waals surface area contributed by atoms with Crippen LogP contribution in [0.25, 0.3) is 22.5 Å². The van der Waals surface area contributed by atoms with E-state index in [2.05, 4.69) is 34.0 Å². The molecule has 0 saturated carbocycles. The van der Waals surface area contributed by atoms with Crippen molar-refractivity contribution >= 4 is 11.6 Å². The Morgan fingerprint density at radius 3 is 2.59 bits per heavy atom. The Balaban J connectivity index is 1.53. The minimum absolute atomic E-state index is 0.0437. The number of likely N-dealkylation sites (tertiary alicyclic amines) is 1. The first-order valence-corrected chi connectivity index (χ1v) is 12.2. The number of phenols is 1. The Morgan fingerprint density at radius 1 is 1.18 bits per heavy atom. The summed E-state index contributed by atoms with van der Waals surface area (Å²) in [5.74, 6) is 0.941. The summed E-state index contributed by atoms with van der Waals surface area (Å²) in [7, 11) is 1.76. The molecule has 3 aromatic rings. The fraction of sp³-hybridized carbons (Fsp3) is 0.462. The third-order valence-electron chi connectivity index (χ3n) is 6.57. The van der Waals surface area contributed by atoms with Crippen molar-refractivity contribution < 1.29 is 9.84 Å². The van der Waals surface area contributed by atoms with Crippen LogP contribution in [0.15, 0.2) is 42.7 Å². The van der Waals surface area contributed by atoms with E-state index in [9.17, 15) is 5.11 Å². The van der Waals surface area contributed by atoms with Crippen LogP contribution in [0, 0.1) is 0 Å². The van der Waals surface area contributed by atoms with Crippen molar-refractivity contribution in [2.45, 2.75) is 38.1 Å². The van der Waals surface area contributed by atoms with E-state index < -0.39 is 0 Å². The van der Waals surface area contributed by atoms with Crippen LogP contribution in [0.2, 0.25) is 5.02 Å². The van der Waals surface area contributed by atoms with Crippen LogP contribution >= 0.6 is 11.6 Å². The van der Waals surface area contributed by atoms with Crippen molar-refractivity contribution in [3.8, 4) is 28.3 Å². The van der Waals surface area contributed by atoms with E-state index in [1.807, 2.05) is 18.2 Å². The van der Waals surface area contributed by atoms with Crippen LogP contribution in [0.5, 0.6) is 5.75 Å². The van der Waals surface area contributed by atoms with E-state index in [1.54, 1.807) is 31.6 Å². The fourth-order valence-electron chi connectivity index (χ4n) is 4.35. The van der Waals surface area contributed by atoms with E-state index in [0.717, 1.165) is 74.0 Å². The molecule has 3 heterocycles. The number of rotatable bonds is 9. The molecule has 0 aliphatic carbocycles. The number of nitrogens with one attached hydrogen (secondary N) is 2. The average Bonchev–Trinajstić information content (AvgIpc) is 3.31. The Hall–Kier alpha value is -2.45. The predicted octanol–water partition coefficient (Wildman–Crippen LogP) is 4.48. The van der Waals surface area contributed by atoms with Gasteiger partial charge in [-0.15, -0.1) is 0 Å². The van der Waals surface area contributed by atoms with Gasteiger partial charge in [-0.05, 0) is 50.2 Å². The summed E-state index contributed by atoms with van der Waals surface area (Å²) < 4.78 is 5.21. The first-order valence-electron chi connectivity index (χ1n) is 11.8. The molecule has 34 heavy (non-hydrogen) atoms. The maximum atomic E-state index is 10.2. The Labute approximate surface area is 206 Å². The maximum absolute atomic E-state index is 10.2. The summed E-state index contributed by atoms with van der Waals surface area (Å²) in [6.07, 6.45) is 5.81. The van der Waals surface area contributed by atoms with Crippen molar-refractivity contribution in [2.75, 3.05) is 39.9 Å². The molecule has 0 amide bonds. The topological polar surface area (TPSA) is 86.3 Å². The number of H-pyrrole nitrogens is 1. The number of hydrogen-bond acceptors (Lipinski definition) is 6. The Bertz CT molecular complexity index is 1080. The highest BCUT2D eigenvalue weighted by Crippen LogP contribution is 2.36. The molecular weight excluding hydrogens is 450 g/mol. The number of aromatic hydroxyl groups is 1. The van der Waals surface area contributed by atoms with Gasteiger partial charge >= 0.3 is 0 Å². The molecule has 4 rings (SSSR count). The summed E-state index contributed by atoms with van der Waals surface area (Å²) in [5.41, 5.74) is 3.27. The number of aromatic amines is 1. The molecule has 0 unspecified atom stereocenters. The molecule has 2 aromatic heterocycles. The second-order valence-corrected chi connectivity index (χ2v) is 9.99.